The SMILES string of the molecule is Cc1ncsc1C(=O)NC1CCN(Cc2nc(C(C)C)no2)CC1. The van der Waals surface area contributed by atoms with Gasteiger partial charge in [0.15, 0.2) is 5.82 Å². The molecule has 0 spiro atoms. The van der Waals surface area contributed by atoms with Crippen LogP contribution >= 0.6 is 11.3 Å². The van der Waals surface area contributed by atoms with Crippen molar-refractivity contribution in [2.45, 2.75) is 52.1 Å². The second kappa shape index (κ2) is 7.40. The highest BCUT2D eigenvalue weighted by molar-refractivity contribution is 7.11. The Hall–Kier alpha value is -1.80. The maximum absolute atomic E-state index is 12.2. The molecular weight excluding hydrogens is 326 g/mol. The monoisotopic (exact) mass is 349 g/mol. The molecule has 8 heteroatoms. The van der Waals surface area contributed by atoms with Crippen LogP contribution in [-0.4, -0.2) is 45.1 Å². The van der Waals surface area contributed by atoms with E-state index in [2.05, 4.69) is 25.3 Å². The van der Waals surface area contributed by atoms with E-state index in [4.69, 9.17) is 4.52 Å². The van der Waals surface area contributed by atoms with E-state index >= 15 is 0 Å². The fraction of sp³-hybridized carbons (Fsp3) is 0.625. The van der Waals surface area contributed by atoms with Crippen LogP contribution in [0.1, 0.15) is 59.7 Å². The first-order valence-corrected chi connectivity index (χ1v) is 9.16. The summed E-state index contributed by atoms with van der Waals surface area (Å²) in [4.78, 5) is 23.8. The number of hydrogen-bond acceptors (Lipinski definition) is 7. The number of aromatic nitrogens is 3. The van der Waals surface area contributed by atoms with Crippen molar-refractivity contribution < 1.29 is 9.32 Å². The number of hydrogen-bond donors (Lipinski definition) is 1. The van der Waals surface area contributed by atoms with Crippen LogP contribution in [0, 0.1) is 6.92 Å². The predicted molar refractivity (Wildman–Crippen MR) is 91.0 cm³/mol. The number of rotatable bonds is 5. The quantitative estimate of drug-likeness (QED) is 0.892. The van der Waals surface area contributed by atoms with E-state index < -0.39 is 0 Å². The summed E-state index contributed by atoms with van der Waals surface area (Å²) >= 11 is 1.39. The third kappa shape index (κ3) is 3.99. The van der Waals surface area contributed by atoms with Crippen LogP contribution < -0.4 is 5.32 Å². The van der Waals surface area contributed by atoms with Crippen molar-refractivity contribution >= 4 is 17.2 Å². The fourth-order valence-corrected chi connectivity index (χ4v) is 3.47. The van der Waals surface area contributed by atoms with Gasteiger partial charge in [-0.1, -0.05) is 19.0 Å². The van der Waals surface area contributed by atoms with Gasteiger partial charge in [-0.3, -0.25) is 9.69 Å². The molecule has 130 valence electrons. The van der Waals surface area contributed by atoms with Crippen LogP contribution in [0.15, 0.2) is 10.0 Å². The Labute approximate surface area is 145 Å². The third-order valence-electron chi connectivity index (χ3n) is 4.23. The summed E-state index contributed by atoms with van der Waals surface area (Å²) < 4.78 is 5.30. The normalized spacial score (nSPS) is 16.7. The summed E-state index contributed by atoms with van der Waals surface area (Å²) in [7, 11) is 0. The molecule has 0 radical (unpaired) electrons. The van der Waals surface area contributed by atoms with Gasteiger partial charge in [-0.2, -0.15) is 4.98 Å². The molecule has 1 aliphatic rings. The maximum Gasteiger partial charge on any atom is 0.263 e. The van der Waals surface area contributed by atoms with Gasteiger partial charge in [0.25, 0.3) is 5.91 Å². The van der Waals surface area contributed by atoms with Crippen molar-refractivity contribution in [3.63, 3.8) is 0 Å². The van der Waals surface area contributed by atoms with E-state index in [1.807, 2.05) is 20.8 Å². The maximum atomic E-state index is 12.2. The Bertz CT molecular complexity index is 688. The van der Waals surface area contributed by atoms with Crippen molar-refractivity contribution in [2.24, 2.45) is 0 Å². The van der Waals surface area contributed by atoms with E-state index in [9.17, 15) is 4.79 Å². The Morgan fingerprint density at radius 2 is 2.21 bits per heavy atom. The van der Waals surface area contributed by atoms with Gasteiger partial charge in [0.2, 0.25) is 5.89 Å². The van der Waals surface area contributed by atoms with E-state index in [1.165, 1.54) is 11.3 Å². The number of nitrogens with one attached hydrogen (secondary N) is 1. The third-order valence-corrected chi connectivity index (χ3v) is 5.16. The lowest BCUT2D eigenvalue weighted by atomic mass is 10.0. The molecule has 1 amide bonds. The number of carbonyl (C=O) groups is 1. The summed E-state index contributed by atoms with van der Waals surface area (Å²) in [5.74, 6) is 1.69. The van der Waals surface area contributed by atoms with E-state index in [-0.39, 0.29) is 17.9 Å². The standard InChI is InChI=1S/C16H23N5O2S/c1-10(2)15-19-13(23-20-15)8-21-6-4-12(5-7-21)18-16(22)14-11(3)17-9-24-14/h9-10,12H,4-8H2,1-3H3,(H,18,22). The van der Waals surface area contributed by atoms with Crippen LogP contribution in [0.2, 0.25) is 0 Å². The number of amides is 1. The zero-order chi connectivity index (χ0) is 17.1. The van der Waals surface area contributed by atoms with Gasteiger partial charge in [-0.15, -0.1) is 11.3 Å². The molecule has 0 bridgehead atoms. The molecule has 7 nitrogen and oxygen atoms in total. The Morgan fingerprint density at radius 3 is 2.79 bits per heavy atom. The number of likely N-dealkylation sites (tertiary alicyclic amines) is 1. The topological polar surface area (TPSA) is 84.2 Å². The van der Waals surface area contributed by atoms with E-state index in [0.717, 1.165) is 37.4 Å². The second-order valence-electron chi connectivity index (χ2n) is 6.49. The lowest BCUT2D eigenvalue weighted by Crippen LogP contribution is -2.44. The minimum atomic E-state index is -0.00748. The molecule has 0 aromatic carbocycles. The van der Waals surface area contributed by atoms with Crippen LogP contribution in [0.25, 0.3) is 0 Å². The smallest absolute Gasteiger partial charge is 0.263 e. The second-order valence-corrected chi connectivity index (χ2v) is 7.35. The minimum Gasteiger partial charge on any atom is -0.348 e. The predicted octanol–water partition coefficient (Wildman–Crippen LogP) is 2.35. The molecule has 1 aliphatic heterocycles. The van der Waals surface area contributed by atoms with Gasteiger partial charge in [0, 0.05) is 25.0 Å². The Morgan fingerprint density at radius 1 is 1.46 bits per heavy atom. The molecule has 3 heterocycles. The Balaban J connectivity index is 1.47. The Kier molecular flexibility index (Phi) is 5.25. The number of piperidine rings is 1. The molecule has 0 aliphatic carbocycles. The van der Waals surface area contributed by atoms with E-state index in [1.54, 1.807) is 5.51 Å². The molecule has 2 aromatic heterocycles. The summed E-state index contributed by atoms with van der Waals surface area (Å²) in [5.41, 5.74) is 2.51. The molecule has 1 saturated heterocycles. The van der Waals surface area contributed by atoms with Gasteiger partial charge < -0.3 is 9.84 Å². The van der Waals surface area contributed by atoms with Crippen LogP contribution in [-0.2, 0) is 6.54 Å². The zero-order valence-corrected chi connectivity index (χ0v) is 15.1. The number of thiazole rings is 1. The van der Waals surface area contributed by atoms with Crippen molar-refractivity contribution in [2.75, 3.05) is 13.1 Å². The minimum absolute atomic E-state index is 0.00748. The number of nitrogens with zero attached hydrogens (tertiary/aromatic N) is 4. The summed E-state index contributed by atoms with van der Waals surface area (Å²) in [6.45, 7) is 8.46. The van der Waals surface area contributed by atoms with Gasteiger partial charge in [-0.25, -0.2) is 4.98 Å². The zero-order valence-electron chi connectivity index (χ0n) is 14.3. The van der Waals surface area contributed by atoms with Crippen molar-refractivity contribution in [1.82, 2.24) is 25.3 Å². The van der Waals surface area contributed by atoms with Gasteiger partial charge in [-0.05, 0) is 19.8 Å². The highest BCUT2D eigenvalue weighted by Gasteiger charge is 2.23. The van der Waals surface area contributed by atoms with Crippen molar-refractivity contribution in [3.8, 4) is 0 Å². The molecule has 3 rings (SSSR count). The average molecular weight is 349 g/mol. The highest BCUT2D eigenvalue weighted by Crippen LogP contribution is 2.17. The molecule has 0 unspecified atom stereocenters. The van der Waals surface area contributed by atoms with Gasteiger partial charge >= 0.3 is 0 Å². The highest BCUT2D eigenvalue weighted by atomic mass is 32.1. The lowest BCUT2D eigenvalue weighted by Gasteiger charge is -2.31. The summed E-state index contributed by atoms with van der Waals surface area (Å²) in [6, 6.07) is 0.212. The van der Waals surface area contributed by atoms with Crippen LogP contribution in [0.5, 0.6) is 0 Å². The number of carbonyl (C=O) groups excluding carboxylic acids is 1. The molecule has 24 heavy (non-hydrogen) atoms. The van der Waals surface area contributed by atoms with Crippen molar-refractivity contribution in [1.29, 1.82) is 0 Å². The molecule has 1 fully saturated rings. The van der Waals surface area contributed by atoms with Crippen LogP contribution in [0.3, 0.4) is 0 Å². The largest absolute Gasteiger partial charge is 0.348 e. The first kappa shape index (κ1) is 17.0. The fourth-order valence-electron chi connectivity index (χ4n) is 2.76. The molecule has 0 saturated carbocycles. The summed E-state index contributed by atoms with van der Waals surface area (Å²) in [5, 5.41) is 7.12. The van der Waals surface area contributed by atoms with Gasteiger partial charge in [0.05, 0.1) is 17.7 Å². The molecule has 0 atom stereocenters. The van der Waals surface area contributed by atoms with Crippen LogP contribution in [0.4, 0.5) is 0 Å². The summed E-state index contributed by atoms with van der Waals surface area (Å²) in [6.07, 6.45) is 1.85. The molecular formula is C16H23N5O2S. The van der Waals surface area contributed by atoms with E-state index in [0.29, 0.717) is 17.3 Å². The number of aryl methyl sites for hydroxylation is 1. The first-order valence-electron chi connectivity index (χ1n) is 8.28. The molecule has 2 aromatic rings. The van der Waals surface area contributed by atoms with Crippen molar-refractivity contribution in [3.05, 3.63) is 27.8 Å². The lowest BCUT2D eigenvalue weighted by molar-refractivity contribution is 0.0908. The average Bonchev–Trinajstić information content (AvgIpc) is 3.18. The first-order chi connectivity index (χ1) is 11.5. The molecule has 1 N–H and O–H groups in total. The van der Waals surface area contributed by atoms with Gasteiger partial charge in [0.1, 0.15) is 4.88 Å².